The monoisotopic (exact) mass is 305 g/mol. The first kappa shape index (κ1) is 16.6. The highest BCUT2D eigenvalue weighted by atomic mass is 16.6. The minimum Gasteiger partial charge on any atom is -0.444 e. The van der Waals surface area contributed by atoms with Gasteiger partial charge in [-0.1, -0.05) is 13.0 Å². The predicted molar refractivity (Wildman–Crippen MR) is 90.4 cm³/mol. The van der Waals surface area contributed by atoms with E-state index >= 15 is 0 Å². The fraction of sp³-hybridized carbons (Fsp3) is 0.588. The van der Waals surface area contributed by atoms with Crippen LogP contribution in [-0.4, -0.2) is 30.8 Å². The molecular formula is C17H27N3O2. The van der Waals surface area contributed by atoms with Crippen LogP contribution in [0.5, 0.6) is 0 Å². The lowest BCUT2D eigenvalue weighted by Gasteiger charge is -2.31. The van der Waals surface area contributed by atoms with Crippen molar-refractivity contribution in [3.8, 4) is 0 Å². The normalized spacial score (nSPS) is 22.0. The second-order valence-corrected chi connectivity index (χ2v) is 6.93. The maximum Gasteiger partial charge on any atom is 0.412 e. The van der Waals surface area contributed by atoms with Crippen molar-refractivity contribution < 1.29 is 9.53 Å². The van der Waals surface area contributed by atoms with Gasteiger partial charge in [0, 0.05) is 17.4 Å². The Morgan fingerprint density at radius 3 is 2.73 bits per heavy atom. The van der Waals surface area contributed by atoms with E-state index in [-0.39, 0.29) is 0 Å². The smallest absolute Gasteiger partial charge is 0.412 e. The third kappa shape index (κ3) is 5.22. The van der Waals surface area contributed by atoms with Crippen LogP contribution in [0.15, 0.2) is 24.3 Å². The zero-order valence-electron chi connectivity index (χ0n) is 13.9. The van der Waals surface area contributed by atoms with Crippen molar-refractivity contribution in [3.63, 3.8) is 0 Å². The Bertz CT molecular complexity index is 511. The summed E-state index contributed by atoms with van der Waals surface area (Å²) in [6, 6.07) is 8.22. The van der Waals surface area contributed by atoms with Crippen molar-refractivity contribution in [2.75, 3.05) is 23.7 Å². The van der Waals surface area contributed by atoms with E-state index in [9.17, 15) is 4.79 Å². The van der Waals surface area contributed by atoms with Crippen LogP contribution in [0.1, 0.15) is 34.1 Å². The lowest BCUT2D eigenvalue weighted by atomic mass is 9.95. The molecule has 1 aliphatic heterocycles. The topological polar surface area (TPSA) is 62.4 Å². The number of piperidine rings is 1. The first-order chi connectivity index (χ1) is 10.3. The Labute approximate surface area is 132 Å². The molecule has 1 aliphatic rings. The molecule has 2 atom stereocenters. The van der Waals surface area contributed by atoms with Crippen LogP contribution in [0.25, 0.3) is 0 Å². The summed E-state index contributed by atoms with van der Waals surface area (Å²) >= 11 is 0. The largest absolute Gasteiger partial charge is 0.444 e. The number of benzene rings is 1. The summed E-state index contributed by atoms with van der Waals surface area (Å²) in [6.45, 7) is 9.87. The third-order valence-electron chi connectivity index (χ3n) is 3.65. The molecule has 1 aromatic carbocycles. The van der Waals surface area contributed by atoms with Crippen molar-refractivity contribution in [1.29, 1.82) is 0 Å². The molecule has 0 radical (unpaired) electrons. The molecular weight excluding hydrogens is 278 g/mol. The summed E-state index contributed by atoms with van der Waals surface area (Å²) in [4.78, 5) is 11.8. The van der Waals surface area contributed by atoms with Gasteiger partial charge in [-0.3, -0.25) is 5.32 Å². The Kier molecular flexibility index (Phi) is 5.29. The summed E-state index contributed by atoms with van der Waals surface area (Å²) in [5, 5.41) is 9.73. The maximum atomic E-state index is 11.8. The summed E-state index contributed by atoms with van der Waals surface area (Å²) < 4.78 is 5.27. The summed E-state index contributed by atoms with van der Waals surface area (Å²) in [6.07, 6.45) is 0.671. The van der Waals surface area contributed by atoms with E-state index in [2.05, 4.69) is 22.9 Å². The van der Waals surface area contributed by atoms with Crippen molar-refractivity contribution in [2.24, 2.45) is 5.92 Å². The molecule has 2 rings (SSSR count). The second kappa shape index (κ2) is 7.01. The summed E-state index contributed by atoms with van der Waals surface area (Å²) in [5.41, 5.74) is 1.26. The van der Waals surface area contributed by atoms with Crippen molar-refractivity contribution in [2.45, 2.75) is 45.8 Å². The highest BCUT2D eigenvalue weighted by molar-refractivity contribution is 5.85. The highest BCUT2D eigenvalue weighted by Gasteiger charge is 2.21. The molecule has 0 bridgehead atoms. The fourth-order valence-electron chi connectivity index (χ4n) is 2.55. The number of ether oxygens (including phenoxy) is 1. The molecule has 0 aromatic heterocycles. The lowest BCUT2D eigenvalue weighted by molar-refractivity contribution is 0.0636. The van der Waals surface area contributed by atoms with Gasteiger partial charge in [-0.05, 0) is 64.4 Å². The standard InChI is InChI=1S/C17H27N3O2/c1-12-11-18-9-8-15(12)19-13-6-5-7-14(10-13)20-16(21)22-17(2,3)4/h5-7,10,12,15,18-19H,8-9,11H2,1-4H3,(H,20,21). The molecule has 1 fully saturated rings. The van der Waals surface area contributed by atoms with Gasteiger partial charge in [-0.2, -0.15) is 0 Å². The molecule has 1 amide bonds. The number of amides is 1. The lowest BCUT2D eigenvalue weighted by Crippen LogP contribution is -2.42. The quantitative estimate of drug-likeness (QED) is 0.800. The zero-order chi connectivity index (χ0) is 16.2. The number of anilines is 2. The third-order valence-corrected chi connectivity index (χ3v) is 3.65. The molecule has 2 unspecified atom stereocenters. The molecule has 122 valence electrons. The van der Waals surface area contributed by atoms with Crippen LogP contribution in [-0.2, 0) is 4.74 Å². The van der Waals surface area contributed by atoms with E-state index in [0.29, 0.717) is 12.0 Å². The molecule has 3 N–H and O–H groups in total. The van der Waals surface area contributed by atoms with Crippen LogP contribution >= 0.6 is 0 Å². The molecule has 1 heterocycles. The van der Waals surface area contributed by atoms with E-state index in [0.717, 1.165) is 30.9 Å². The number of carbonyl (C=O) groups excluding carboxylic acids is 1. The highest BCUT2D eigenvalue weighted by Crippen LogP contribution is 2.21. The van der Waals surface area contributed by atoms with Gasteiger partial charge in [-0.15, -0.1) is 0 Å². The molecule has 1 saturated heterocycles. The van der Waals surface area contributed by atoms with Gasteiger partial charge in [0.1, 0.15) is 5.60 Å². The average molecular weight is 305 g/mol. The minimum absolute atomic E-state index is 0.431. The number of carbonyl (C=O) groups is 1. The van der Waals surface area contributed by atoms with Gasteiger partial charge in [0.05, 0.1) is 0 Å². The van der Waals surface area contributed by atoms with E-state index in [1.54, 1.807) is 0 Å². The van der Waals surface area contributed by atoms with E-state index in [1.165, 1.54) is 0 Å². The predicted octanol–water partition coefficient (Wildman–Crippen LogP) is 3.44. The first-order valence-corrected chi connectivity index (χ1v) is 7.91. The number of hydrogen-bond donors (Lipinski definition) is 3. The Morgan fingerprint density at radius 1 is 1.32 bits per heavy atom. The zero-order valence-corrected chi connectivity index (χ0v) is 13.9. The molecule has 1 aromatic rings. The van der Waals surface area contributed by atoms with Crippen LogP contribution in [0.3, 0.4) is 0 Å². The first-order valence-electron chi connectivity index (χ1n) is 7.91. The Morgan fingerprint density at radius 2 is 2.05 bits per heavy atom. The van der Waals surface area contributed by atoms with Crippen LogP contribution in [0, 0.1) is 5.92 Å². The molecule has 5 heteroatoms. The van der Waals surface area contributed by atoms with Crippen molar-refractivity contribution in [1.82, 2.24) is 5.32 Å². The maximum absolute atomic E-state index is 11.8. The SMILES string of the molecule is CC1CNCCC1Nc1cccc(NC(=O)OC(C)(C)C)c1. The summed E-state index contributed by atoms with van der Waals surface area (Å²) in [7, 11) is 0. The van der Waals surface area contributed by atoms with Crippen molar-refractivity contribution >= 4 is 17.5 Å². The Hall–Kier alpha value is -1.75. The van der Waals surface area contributed by atoms with Gasteiger partial charge >= 0.3 is 6.09 Å². The minimum atomic E-state index is -0.496. The molecule has 0 aliphatic carbocycles. The fourth-order valence-corrected chi connectivity index (χ4v) is 2.55. The van der Waals surface area contributed by atoms with Gasteiger partial charge in [0.25, 0.3) is 0 Å². The van der Waals surface area contributed by atoms with E-state index < -0.39 is 11.7 Å². The number of hydrogen-bond acceptors (Lipinski definition) is 4. The van der Waals surface area contributed by atoms with Gasteiger partial charge < -0.3 is 15.4 Å². The van der Waals surface area contributed by atoms with Gasteiger partial charge in [0.2, 0.25) is 0 Å². The van der Waals surface area contributed by atoms with Crippen LogP contribution < -0.4 is 16.0 Å². The number of nitrogens with one attached hydrogen (secondary N) is 3. The molecule has 22 heavy (non-hydrogen) atoms. The molecule has 5 nitrogen and oxygen atoms in total. The second-order valence-electron chi connectivity index (χ2n) is 6.93. The average Bonchev–Trinajstić information content (AvgIpc) is 2.39. The summed E-state index contributed by atoms with van der Waals surface area (Å²) in [5.74, 6) is 0.580. The van der Waals surface area contributed by atoms with Crippen molar-refractivity contribution in [3.05, 3.63) is 24.3 Å². The molecule has 0 spiro atoms. The van der Waals surface area contributed by atoms with Crippen LogP contribution in [0.4, 0.5) is 16.2 Å². The van der Waals surface area contributed by atoms with Gasteiger partial charge in [-0.25, -0.2) is 4.79 Å². The van der Waals surface area contributed by atoms with E-state index in [1.807, 2.05) is 45.0 Å². The van der Waals surface area contributed by atoms with Gasteiger partial charge in [0.15, 0.2) is 0 Å². The number of rotatable bonds is 3. The van der Waals surface area contributed by atoms with E-state index in [4.69, 9.17) is 4.74 Å². The molecule has 0 saturated carbocycles. The van der Waals surface area contributed by atoms with Crippen LogP contribution in [0.2, 0.25) is 0 Å². The Balaban J connectivity index is 1.96.